The zero-order chi connectivity index (χ0) is 10.1. The first kappa shape index (κ1) is 9.28. The first-order chi connectivity index (χ1) is 6.68. The van der Waals surface area contributed by atoms with E-state index in [0.717, 1.165) is 5.69 Å². The van der Waals surface area contributed by atoms with Gasteiger partial charge in [-0.2, -0.15) is 0 Å². The molecule has 0 aliphatic carbocycles. The molecule has 2 N–H and O–H groups in total. The van der Waals surface area contributed by atoms with Gasteiger partial charge in [-0.15, -0.1) is 11.3 Å². The van der Waals surface area contributed by atoms with Crippen LogP contribution >= 0.6 is 11.3 Å². The molecule has 0 spiro atoms. The molecule has 2 heteroatoms. The van der Waals surface area contributed by atoms with E-state index in [1.54, 1.807) is 11.3 Å². The predicted molar refractivity (Wildman–Crippen MR) is 63.6 cm³/mol. The fraction of sp³-hybridized carbons (Fsp3) is 0.167. The highest BCUT2D eigenvalue weighted by atomic mass is 32.1. The standard InChI is InChI=1S/C12H13NS/c1-8-3-5-10(6-4-8)12-11(13)9(2)7-14-12/h3-7H,13H2,1-2H3. The van der Waals surface area contributed by atoms with Crippen molar-refractivity contribution in [2.24, 2.45) is 0 Å². The fourth-order valence-electron chi connectivity index (χ4n) is 1.38. The van der Waals surface area contributed by atoms with Crippen molar-refractivity contribution in [3.05, 3.63) is 40.8 Å². The summed E-state index contributed by atoms with van der Waals surface area (Å²) in [5.74, 6) is 0. The van der Waals surface area contributed by atoms with Crippen LogP contribution in [0.5, 0.6) is 0 Å². The van der Waals surface area contributed by atoms with Crippen LogP contribution in [0.1, 0.15) is 11.1 Å². The van der Waals surface area contributed by atoms with Crippen LogP contribution in [0.2, 0.25) is 0 Å². The van der Waals surface area contributed by atoms with E-state index in [1.165, 1.54) is 21.6 Å². The van der Waals surface area contributed by atoms with E-state index in [-0.39, 0.29) is 0 Å². The van der Waals surface area contributed by atoms with Crippen LogP contribution in [-0.2, 0) is 0 Å². The van der Waals surface area contributed by atoms with Gasteiger partial charge in [0, 0.05) is 0 Å². The first-order valence-corrected chi connectivity index (χ1v) is 5.47. The van der Waals surface area contributed by atoms with Crippen molar-refractivity contribution in [3.8, 4) is 10.4 Å². The van der Waals surface area contributed by atoms with Gasteiger partial charge < -0.3 is 5.73 Å². The summed E-state index contributed by atoms with van der Waals surface area (Å²) in [7, 11) is 0. The molecule has 0 aliphatic rings. The van der Waals surface area contributed by atoms with Gasteiger partial charge in [0.25, 0.3) is 0 Å². The Hall–Kier alpha value is -1.28. The Morgan fingerprint density at radius 1 is 1.07 bits per heavy atom. The zero-order valence-corrected chi connectivity index (χ0v) is 9.19. The third kappa shape index (κ3) is 1.53. The molecular weight excluding hydrogens is 190 g/mol. The van der Waals surface area contributed by atoms with Gasteiger partial charge in [0.05, 0.1) is 10.6 Å². The number of thiophene rings is 1. The summed E-state index contributed by atoms with van der Waals surface area (Å²) in [5, 5.41) is 2.10. The lowest BCUT2D eigenvalue weighted by Crippen LogP contribution is -1.86. The third-order valence-electron chi connectivity index (χ3n) is 2.34. The largest absolute Gasteiger partial charge is 0.397 e. The smallest absolute Gasteiger partial charge is 0.0575 e. The third-order valence-corrected chi connectivity index (χ3v) is 3.50. The molecule has 1 nitrogen and oxygen atoms in total. The van der Waals surface area contributed by atoms with Crippen molar-refractivity contribution in [1.82, 2.24) is 0 Å². The van der Waals surface area contributed by atoms with Crippen LogP contribution in [0.4, 0.5) is 5.69 Å². The molecule has 14 heavy (non-hydrogen) atoms. The summed E-state index contributed by atoms with van der Waals surface area (Å²) < 4.78 is 0. The fourth-order valence-corrected chi connectivity index (χ4v) is 2.36. The van der Waals surface area contributed by atoms with Crippen LogP contribution in [0.15, 0.2) is 29.6 Å². The molecule has 2 rings (SSSR count). The van der Waals surface area contributed by atoms with Crippen molar-refractivity contribution in [2.45, 2.75) is 13.8 Å². The molecule has 0 radical (unpaired) electrons. The van der Waals surface area contributed by atoms with E-state index < -0.39 is 0 Å². The van der Waals surface area contributed by atoms with Crippen LogP contribution in [0, 0.1) is 13.8 Å². The second kappa shape index (κ2) is 3.46. The van der Waals surface area contributed by atoms with Crippen molar-refractivity contribution < 1.29 is 0 Å². The minimum absolute atomic E-state index is 0.916. The Balaban J connectivity index is 2.49. The van der Waals surface area contributed by atoms with E-state index >= 15 is 0 Å². The second-order valence-corrected chi connectivity index (χ2v) is 4.41. The molecule has 0 amide bonds. The van der Waals surface area contributed by atoms with Gasteiger partial charge in [0.15, 0.2) is 0 Å². The molecule has 0 bridgehead atoms. The minimum Gasteiger partial charge on any atom is -0.397 e. The van der Waals surface area contributed by atoms with E-state index in [2.05, 4.69) is 36.6 Å². The van der Waals surface area contributed by atoms with E-state index in [1.807, 2.05) is 6.92 Å². The van der Waals surface area contributed by atoms with E-state index in [0.29, 0.717) is 0 Å². The molecule has 1 aromatic carbocycles. The summed E-state index contributed by atoms with van der Waals surface area (Å²) >= 11 is 1.71. The zero-order valence-electron chi connectivity index (χ0n) is 8.37. The number of aryl methyl sites for hydroxylation is 2. The molecule has 0 saturated carbocycles. The molecule has 1 aromatic heterocycles. The van der Waals surface area contributed by atoms with Gasteiger partial charge in [0.1, 0.15) is 0 Å². The van der Waals surface area contributed by atoms with Crippen molar-refractivity contribution in [3.63, 3.8) is 0 Å². The van der Waals surface area contributed by atoms with Gasteiger partial charge in [-0.05, 0) is 30.4 Å². The highest BCUT2D eigenvalue weighted by Crippen LogP contribution is 2.34. The molecular formula is C12H13NS. The monoisotopic (exact) mass is 203 g/mol. The SMILES string of the molecule is Cc1ccc(-c2scc(C)c2N)cc1. The van der Waals surface area contributed by atoms with Gasteiger partial charge in [-0.1, -0.05) is 29.8 Å². The van der Waals surface area contributed by atoms with Gasteiger partial charge >= 0.3 is 0 Å². The average molecular weight is 203 g/mol. The molecule has 0 atom stereocenters. The molecule has 72 valence electrons. The number of anilines is 1. The second-order valence-electron chi connectivity index (χ2n) is 3.53. The first-order valence-electron chi connectivity index (χ1n) is 4.59. The maximum atomic E-state index is 5.98. The minimum atomic E-state index is 0.916. The molecule has 1 heterocycles. The summed E-state index contributed by atoms with van der Waals surface area (Å²) in [6.45, 7) is 4.14. The van der Waals surface area contributed by atoms with Crippen molar-refractivity contribution >= 4 is 17.0 Å². The predicted octanol–water partition coefficient (Wildman–Crippen LogP) is 3.61. The van der Waals surface area contributed by atoms with Crippen LogP contribution in [0.25, 0.3) is 10.4 Å². The number of rotatable bonds is 1. The summed E-state index contributed by atoms with van der Waals surface area (Å²) in [6.07, 6.45) is 0. The highest BCUT2D eigenvalue weighted by molar-refractivity contribution is 7.14. The summed E-state index contributed by atoms with van der Waals surface area (Å²) in [4.78, 5) is 1.18. The van der Waals surface area contributed by atoms with E-state index in [4.69, 9.17) is 5.73 Å². The number of benzene rings is 1. The van der Waals surface area contributed by atoms with Crippen molar-refractivity contribution in [2.75, 3.05) is 5.73 Å². The van der Waals surface area contributed by atoms with Gasteiger partial charge in [-0.3, -0.25) is 0 Å². The molecule has 0 aliphatic heterocycles. The summed E-state index contributed by atoms with van der Waals surface area (Å²) in [6, 6.07) is 8.47. The van der Waals surface area contributed by atoms with E-state index in [9.17, 15) is 0 Å². The van der Waals surface area contributed by atoms with Gasteiger partial charge in [-0.25, -0.2) is 0 Å². The normalized spacial score (nSPS) is 10.4. The Morgan fingerprint density at radius 3 is 2.21 bits per heavy atom. The Morgan fingerprint density at radius 2 is 1.71 bits per heavy atom. The Labute approximate surface area is 88.2 Å². The Kier molecular flexibility index (Phi) is 2.30. The number of nitrogens with two attached hydrogens (primary N) is 1. The Bertz CT molecular complexity index is 440. The molecule has 0 fully saturated rings. The number of hydrogen-bond donors (Lipinski definition) is 1. The summed E-state index contributed by atoms with van der Waals surface area (Å²) in [5.41, 5.74) is 10.6. The molecule has 2 aromatic rings. The van der Waals surface area contributed by atoms with Crippen LogP contribution in [-0.4, -0.2) is 0 Å². The number of hydrogen-bond acceptors (Lipinski definition) is 2. The highest BCUT2D eigenvalue weighted by Gasteiger charge is 2.06. The lowest BCUT2D eigenvalue weighted by molar-refractivity contribution is 1.47. The maximum Gasteiger partial charge on any atom is 0.0575 e. The van der Waals surface area contributed by atoms with Crippen LogP contribution in [0.3, 0.4) is 0 Å². The number of nitrogen functional groups attached to an aromatic ring is 1. The van der Waals surface area contributed by atoms with Crippen molar-refractivity contribution in [1.29, 1.82) is 0 Å². The maximum absolute atomic E-state index is 5.98. The quantitative estimate of drug-likeness (QED) is 0.752. The van der Waals surface area contributed by atoms with Gasteiger partial charge in [0.2, 0.25) is 0 Å². The average Bonchev–Trinajstić information content (AvgIpc) is 2.50. The lowest BCUT2D eigenvalue weighted by Gasteiger charge is -2.00. The van der Waals surface area contributed by atoms with Crippen LogP contribution < -0.4 is 5.73 Å². The molecule has 0 saturated heterocycles. The topological polar surface area (TPSA) is 26.0 Å². The molecule has 0 unspecified atom stereocenters. The lowest BCUT2D eigenvalue weighted by atomic mass is 10.1.